The van der Waals surface area contributed by atoms with Gasteiger partial charge in [-0.1, -0.05) is 18.1 Å². The number of aliphatic hydroxyl groups is 4. The molecule has 0 radical (unpaired) electrons. The van der Waals surface area contributed by atoms with E-state index in [-0.39, 0.29) is 12.2 Å². The van der Waals surface area contributed by atoms with Crippen molar-refractivity contribution < 1.29 is 34.6 Å². The van der Waals surface area contributed by atoms with Crippen LogP contribution in [0.2, 0.25) is 0 Å². The Bertz CT molecular complexity index is 1260. The Morgan fingerprint density at radius 1 is 1.00 bits per heavy atom. The monoisotopic (exact) mass is 595 g/mol. The van der Waals surface area contributed by atoms with Crippen molar-refractivity contribution in [2.45, 2.75) is 100 Å². The van der Waals surface area contributed by atoms with E-state index in [4.69, 9.17) is 19.9 Å². The Labute approximate surface area is 241 Å². The topological polar surface area (TPSA) is 223 Å². The standard InChI is InChI=1S/C26H41N7O9/c27-13-16-18(35)21(38)25(40-16)42-22(23-19(36)20(37)24(41-23)33-12-7-17(34)28-26(33)39)15-14-32(30-29-15)11-6-2-5-10-31-8-3-1-4-9-31/h7,12,14,16,18-25,35-38H,1-6,8-11,13,27H2,(H,28,34,39)/t16-,18-,19+,20-,21-,22+,23+,24-,25+/m1/s1. The third-order valence-corrected chi connectivity index (χ3v) is 8.19. The van der Waals surface area contributed by atoms with E-state index in [1.54, 1.807) is 10.9 Å². The van der Waals surface area contributed by atoms with Crippen molar-refractivity contribution in [3.8, 4) is 0 Å². The maximum absolute atomic E-state index is 12.4. The van der Waals surface area contributed by atoms with Crippen LogP contribution in [0.5, 0.6) is 0 Å². The van der Waals surface area contributed by atoms with E-state index >= 15 is 0 Å². The summed E-state index contributed by atoms with van der Waals surface area (Å²) in [6, 6.07) is 1.08. The quantitative estimate of drug-likeness (QED) is 0.141. The molecule has 0 amide bonds. The van der Waals surface area contributed by atoms with Gasteiger partial charge in [0, 0.05) is 25.4 Å². The van der Waals surface area contributed by atoms with Gasteiger partial charge >= 0.3 is 5.69 Å². The van der Waals surface area contributed by atoms with Crippen LogP contribution in [0.15, 0.2) is 28.0 Å². The second-order valence-corrected chi connectivity index (χ2v) is 11.2. The summed E-state index contributed by atoms with van der Waals surface area (Å²) in [6.45, 7) is 3.92. The normalized spacial score (nSPS) is 32.9. The van der Waals surface area contributed by atoms with Crippen LogP contribution in [-0.4, -0.2) is 119 Å². The van der Waals surface area contributed by atoms with Crippen molar-refractivity contribution in [2.24, 2.45) is 5.73 Å². The van der Waals surface area contributed by atoms with Crippen LogP contribution < -0.4 is 17.0 Å². The first-order valence-corrected chi connectivity index (χ1v) is 14.6. The predicted octanol–water partition coefficient (Wildman–Crippen LogP) is -2.43. The molecule has 0 spiro atoms. The SMILES string of the molecule is NC[C@H]1O[C@@H](O[C@@H](c2cn(CCCCCN3CCCCC3)nn2)[C@H]2O[C@@H](n3ccc(=O)[nH]c3=O)[C@H](O)[C@@H]2O)[C@H](O)[C@@H]1O. The number of nitrogens with two attached hydrogens (primary N) is 1. The molecule has 0 aliphatic carbocycles. The van der Waals surface area contributed by atoms with Crippen LogP contribution in [0.4, 0.5) is 0 Å². The van der Waals surface area contributed by atoms with Gasteiger partial charge in [0.1, 0.15) is 48.4 Å². The number of unbranched alkanes of at least 4 members (excludes halogenated alkanes) is 2. The second kappa shape index (κ2) is 13.8. The highest BCUT2D eigenvalue weighted by Gasteiger charge is 2.52. The number of ether oxygens (including phenoxy) is 3. The molecule has 0 saturated carbocycles. The Hall–Kier alpha value is -2.54. The Morgan fingerprint density at radius 2 is 1.76 bits per heavy atom. The molecule has 2 aromatic heterocycles. The fraction of sp³-hybridized carbons (Fsp3) is 0.769. The molecule has 3 aliphatic heterocycles. The van der Waals surface area contributed by atoms with E-state index in [0.717, 1.165) is 55.7 Å². The van der Waals surface area contributed by atoms with E-state index in [2.05, 4.69) is 20.2 Å². The molecule has 7 N–H and O–H groups in total. The summed E-state index contributed by atoms with van der Waals surface area (Å²) in [5.74, 6) is 0. The first-order chi connectivity index (χ1) is 20.3. The zero-order valence-electron chi connectivity index (χ0n) is 23.3. The molecule has 5 rings (SSSR count). The maximum Gasteiger partial charge on any atom is 0.330 e. The average molecular weight is 596 g/mol. The van der Waals surface area contributed by atoms with Crippen molar-refractivity contribution in [2.75, 3.05) is 26.2 Å². The van der Waals surface area contributed by atoms with Gasteiger partial charge in [-0.05, 0) is 45.3 Å². The van der Waals surface area contributed by atoms with Gasteiger partial charge in [-0.3, -0.25) is 19.0 Å². The number of piperidine rings is 1. The van der Waals surface area contributed by atoms with Gasteiger partial charge in [0.15, 0.2) is 12.5 Å². The highest BCUT2D eigenvalue weighted by molar-refractivity contribution is 5.07. The first-order valence-electron chi connectivity index (χ1n) is 14.6. The van der Waals surface area contributed by atoms with Gasteiger partial charge in [-0.2, -0.15) is 0 Å². The molecule has 3 saturated heterocycles. The van der Waals surface area contributed by atoms with Crippen molar-refractivity contribution in [1.82, 2.24) is 29.4 Å². The van der Waals surface area contributed by atoms with Crippen LogP contribution in [0, 0.1) is 0 Å². The number of hydrogen-bond donors (Lipinski definition) is 6. The van der Waals surface area contributed by atoms with Crippen LogP contribution in [0.3, 0.4) is 0 Å². The molecule has 9 atom stereocenters. The minimum absolute atomic E-state index is 0.0742. The maximum atomic E-state index is 12.4. The molecule has 3 fully saturated rings. The lowest BCUT2D eigenvalue weighted by atomic mass is 10.0. The number of aliphatic hydroxyl groups excluding tert-OH is 4. The second-order valence-electron chi connectivity index (χ2n) is 11.2. The van der Waals surface area contributed by atoms with Crippen LogP contribution >= 0.6 is 0 Å². The molecular formula is C26H41N7O9. The summed E-state index contributed by atoms with van der Waals surface area (Å²) in [5, 5.41) is 51.0. The van der Waals surface area contributed by atoms with Gasteiger partial charge in [-0.15, -0.1) is 5.10 Å². The molecule has 5 heterocycles. The van der Waals surface area contributed by atoms with Gasteiger partial charge < -0.3 is 45.3 Å². The molecule has 42 heavy (non-hydrogen) atoms. The molecule has 0 aromatic carbocycles. The molecule has 2 aromatic rings. The van der Waals surface area contributed by atoms with E-state index < -0.39 is 66.5 Å². The number of nitrogens with one attached hydrogen (secondary N) is 1. The van der Waals surface area contributed by atoms with Crippen LogP contribution in [-0.2, 0) is 20.8 Å². The van der Waals surface area contributed by atoms with E-state index in [1.807, 2.05) is 0 Å². The fourth-order valence-corrected chi connectivity index (χ4v) is 5.80. The molecule has 16 nitrogen and oxygen atoms in total. The first kappa shape index (κ1) is 30.9. The molecule has 0 unspecified atom stereocenters. The lowest BCUT2D eigenvalue weighted by molar-refractivity contribution is -0.224. The van der Waals surface area contributed by atoms with Crippen molar-refractivity contribution in [1.29, 1.82) is 0 Å². The van der Waals surface area contributed by atoms with Gasteiger partial charge in [0.05, 0.1) is 6.20 Å². The highest BCUT2D eigenvalue weighted by atomic mass is 16.7. The van der Waals surface area contributed by atoms with Crippen molar-refractivity contribution >= 4 is 0 Å². The Morgan fingerprint density at radius 3 is 2.48 bits per heavy atom. The summed E-state index contributed by atoms with van der Waals surface area (Å²) in [5.41, 5.74) is 4.38. The minimum atomic E-state index is -1.59. The van der Waals surface area contributed by atoms with Crippen molar-refractivity contribution in [3.63, 3.8) is 0 Å². The third-order valence-electron chi connectivity index (χ3n) is 8.19. The molecule has 16 heteroatoms. The lowest BCUT2D eigenvalue weighted by Crippen LogP contribution is -2.40. The zero-order chi connectivity index (χ0) is 29.8. The number of hydrogen-bond acceptors (Lipinski definition) is 13. The number of rotatable bonds is 12. The largest absolute Gasteiger partial charge is 0.387 e. The average Bonchev–Trinajstić information content (AvgIpc) is 3.65. The Kier molecular flexibility index (Phi) is 10.2. The molecular weight excluding hydrogens is 554 g/mol. The minimum Gasteiger partial charge on any atom is -0.387 e. The number of aromatic nitrogens is 5. The van der Waals surface area contributed by atoms with Gasteiger partial charge in [-0.25, -0.2) is 4.79 Å². The van der Waals surface area contributed by atoms with E-state index in [9.17, 15) is 30.0 Å². The van der Waals surface area contributed by atoms with E-state index in [1.165, 1.54) is 19.3 Å². The predicted molar refractivity (Wildman–Crippen MR) is 145 cm³/mol. The number of nitrogens with zero attached hydrogens (tertiary/aromatic N) is 5. The fourth-order valence-electron chi connectivity index (χ4n) is 5.80. The molecule has 3 aliphatic rings. The summed E-state index contributed by atoms with van der Waals surface area (Å²) in [4.78, 5) is 28.5. The van der Waals surface area contributed by atoms with Gasteiger partial charge in [0.2, 0.25) is 0 Å². The van der Waals surface area contributed by atoms with Crippen molar-refractivity contribution in [3.05, 3.63) is 45.0 Å². The number of likely N-dealkylation sites (tertiary alicyclic amines) is 1. The summed E-state index contributed by atoms with van der Waals surface area (Å²) in [6.07, 6.45) is -2.53. The molecule has 0 bridgehead atoms. The third kappa shape index (κ3) is 6.82. The smallest absolute Gasteiger partial charge is 0.330 e. The summed E-state index contributed by atoms with van der Waals surface area (Å²) < 4.78 is 20.1. The Balaban J connectivity index is 1.29. The summed E-state index contributed by atoms with van der Waals surface area (Å²) in [7, 11) is 0. The molecule has 234 valence electrons. The lowest BCUT2D eigenvalue weighted by Gasteiger charge is -2.28. The van der Waals surface area contributed by atoms with Crippen LogP contribution in [0.1, 0.15) is 56.6 Å². The van der Waals surface area contributed by atoms with Crippen LogP contribution in [0.25, 0.3) is 0 Å². The zero-order valence-corrected chi connectivity index (χ0v) is 23.3. The van der Waals surface area contributed by atoms with Gasteiger partial charge in [0.25, 0.3) is 5.56 Å². The van der Waals surface area contributed by atoms with E-state index in [0.29, 0.717) is 6.54 Å². The highest BCUT2D eigenvalue weighted by Crippen LogP contribution is 2.39. The number of aryl methyl sites for hydroxylation is 1. The number of H-pyrrole nitrogens is 1. The summed E-state index contributed by atoms with van der Waals surface area (Å²) >= 11 is 0. The number of aromatic amines is 1.